The van der Waals surface area contributed by atoms with Crippen LogP contribution < -0.4 is 10.6 Å². The summed E-state index contributed by atoms with van der Waals surface area (Å²) in [6, 6.07) is 7.15. The van der Waals surface area contributed by atoms with Crippen LogP contribution in [0.15, 0.2) is 24.3 Å². The first-order valence-corrected chi connectivity index (χ1v) is 5.85. The van der Waals surface area contributed by atoms with E-state index in [1.807, 2.05) is 24.3 Å². The molecule has 1 unspecified atom stereocenters. The molecule has 2 amide bonds. The van der Waals surface area contributed by atoms with Crippen molar-refractivity contribution in [1.82, 2.24) is 10.6 Å². The van der Waals surface area contributed by atoms with E-state index in [4.69, 9.17) is 11.6 Å². The van der Waals surface area contributed by atoms with Crippen LogP contribution in [0.4, 0.5) is 0 Å². The van der Waals surface area contributed by atoms with E-state index >= 15 is 0 Å². The number of halogens is 1. The second kappa shape index (κ2) is 5.29. The molecule has 0 bridgehead atoms. The normalized spacial score (nSPS) is 20.2. The molecule has 5 heteroatoms. The first-order chi connectivity index (χ1) is 8.16. The smallest absolute Gasteiger partial charge is 0.243 e. The van der Waals surface area contributed by atoms with Crippen LogP contribution in [0, 0.1) is 0 Å². The third-order valence-electron chi connectivity index (χ3n) is 2.74. The predicted octanol–water partition coefficient (Wildman–Crippen LogP) is 1.23. The largest absolute Gasteiger partial charge is 0.302 e. The van der Waals surface area contributed by atoms with Crippen LogP contribution in [0.3, 0.4) is 0 Å². The van der Waals surface area contributed by atoms with Crippen molar-refractivity contribution in [3.63, 3.8) is 0 Å². The lowest BCUT2D eigenvalue weighted by molar-refractivity contribution is -0.134. The number of piperidine rings is 1. The number of carbonyl (C=O) groups excluding carboxylic acids is 2. The monoisotopic (exact) mass is 252 g/mol. The molecule has 1 aromatic carbocycles. The minimum Gasteiger partial charge on any atom is -0.302 e. The molecule has 0 aliphatic carbocycles. The van der Waals surface area contributed by atoms with Gasteiger partial charge in [0.15, 0.2) is 0 Å². The van der Waals surface area contributed by atoms with Crippen molar-refractivity contribution in [2.45, 2.75) is 25.4 Å². The highest BCUT2D eigenvalue weighted by Crippen LogP contribution is 2.15. The van der Waals surface area contributed by atoms with Crippen LogP contribution in [-0.2, 0) is 16.1 Å². The molecule has 17 heavy (non-hydrogen) atoms. The van der Waals surface area contributed by atoms with Crippen molar-refractivity contribution in [2.24, 2.45) is 0 Å². The van der Waals surface area contributed by atoms with Crippen LogP contribution in [0.5, 0.6) is 0 Å². The third-order valence-corrected chi connectivity index (χ3v) is 3.10. The maximum atomic E-state index is 11.5. The zero-order valence-electron chi connectivity index (χ0n) is 9.20. The number of hydrogen-bond acceptors (Lipinski definition) is 3. The third kappa shape index (κ3) is 3.05. The topological polar surface area (TPSA) is 58.2 Å². The van der Waals surface area contributed by atoms with E-state index in [2.05, 4.69) is 10.6 Å². The Labute approximate surface area is 104 Å². The summed E-state index contributed by atoms with van der Waals surface area (Å²) in [5.74, 6) is -0.459. The number of rotatable bonds is 3. The van der Waals surface area contributed by atoms with Gasteiger partial charge in [0.05, 0.1) is 6.04 Å². The van der Waals surface area contributed by atoms with Gasteiger partial charge < -0.3 is 5.32 Å². The number of amides is 2. The van der Waals surface area contributed by atoms with E-state index in [-0.39, 0.29) is 17.9 Å². The fourth-order valence-corrected chi connectivity index (χ4v) is 1.97. The van der Waals surface area contributed by atoms with Crippen LogP contribution in [-0.4, -0.2) is 17.9 Å². The summed E-state index contributed by atoms with van der Waals surface area (Å²) in [4.78, 5) is 22.5. The molecule has 4 nitrogen and oxygen atoms in total. The summed E-state index contributed by atoms with van der Waals surface area (Å²) in [5, 5.41) is 6.08. The van der Waals surface area contributed by atoms with Crippen LogP contribution in [0.2, 0.25) is 5.02 Å². The van der Waals surface area contributed by atoms with Gasteiger partial charge in [-0.3, -0.25) is 14.9 Å². The highest BCUT2D eigenvalue weighted by Gasteiger charge is 2.25. The molecule has 0 radical (unpaired) electrons. The Hall–Kier alpha value is -1.39. The van der Waals surface area contributed by atoms with Gasteiger partial charge in [0, 0.05) is 18.0 Å². The Morgan fingerprint density at radius 1 is 1.35 bits per heavy atom. The molecule has 2 N–H and O–H groups in total. The Kier molecular flexibility index (Phi) is 3.76. The molecule has 0 saturated carbocycles. The second-order valence-corrected chi connectivity index (χ2v) is 4.38. The summed E-state index contributed by atoms with van der Waals surface area (Å²) in [5.41, 5.74) is 0.943. The molecule has 1 saturated heterocycles. The van der Waals surface area contributed by atoms with Crippen molar-refractivity contribution in [3.8, 4) is 0 Å². The number of benzene rings is 1. The molecular formula is C12H13ClN2O2. The van der Waals surface area contributed by atoms with Crippen LogP contribution >= 0.6 is 11.6 Å². The molecule has 0 spiro atoms. The number of imide groups is 1. The first-order valence-electron chi connectivity index (χ1n) is 5.47. The molecule has 0 aromatic heterocycles. The van der Waals surface area contributed by atoms with E-state index in [0.29, 0.717) is 24.4 Å². The summed E-state index contributed by atoms with van der Waals surface area (Å²) in [7, 11) is 0. The average molecular weight is 253 g/mol. The van der Waals surface area contributed by atoms with Crippen molar-refractivity contribution in [3.05, 3.63) is 34.9 Å². The zero-order valence-corrected chi connectivity index (χ0v) is 9.96. The van der Waals surface area contributed by atoms with Gasteiger partial charge in [0.1, 0.15) is 0 Å². The van der Waals surface area contributed by atoms with E-state index in [0.717, 1.165) is 5.56 Å². The standard InChI is InChI=1S/C12H13ClN2O2/c13-9-4-2-1-3-8(9)7-14-10-5-6-11(16)15-12(10)17/h1-4,10,14H,5-7H2,(H,15,16,17). The van der Waals surface area contributed by atoms with Gasteiger partial charge in [0.25, 0.3) is 0 Å². The van der Waals surface area contributed by atoms with E-state index in [1.165, 1.54) is 0 Å². The first kappa shape index (κ1) is 12.1. The Bertz CT molecular complexity index is 448. The summed E-state index contributed by atoms with van der Waals surface area (Å²) in [6.45, 7) is 0.520. The Morgan fingerprint density at radius 3 is 2.82 bits per heavy atom. The second-order valence-electron chi connectivity index (χ2n) is 3.98. The van der Waals surface area contributed by atoms with Crippen molar-refractivity contribution >= 4 is 23.4 Å². The molecule has 1 aromatic rings. The Morgan fingerprint density at radius 2 is 2.12 bits per heavy atom. The highest BCUT2D eigenvalue weighted by atomic mass is 35.5. The zero-order chi connectivity index (χ0) is 12.3. The SMILES string of the molecule is O=C1CCC(NCc2ccccc2Cl)C(=O)N1. The molecule has 1 fully saturated rings. The van der Waals surface area contributed by atoms with Crippen molar-refractivity contribution in [1.29, 1.82) is 0 Å². The lowest BCUT2D eigenvalue weighted by Gasteiger charge is -2.22. The predicted molar refractivity (Wildman–Crippen MR) is 64.5 cm³/mol. The van der Waals surface area contributed by atoms with E-state index < -0.39 is 0 Å². The molecular weight excluding hydrogens is 240 g/mol. The highest BCUT2D eigenvalue weighted by molar-refractivity contribution is 6.31. The van der Waals surface area contributed by atoms with Gasteiger partial charge in [-0.05, 0) is 18.1 Å². The van der Waals surface area contributed by atoms with Crippen LogP contribution in [0.1, 0.15) is 18.4 Å². The Balaban J connectivity index is 1.92. The van der Waals surface area contributed by atoms with Gasteiger partial charge >= 0.3 is 0 Å². The average Bonchev–Trinajstić information content (AvgIpc) is 2.30. The lowest BCUT2D eigenvalue weighted by atomic mass is 10.1. The van der Waals surface area contributed by atoms with E-state index in [1.54, 1.807) is 0 Å². The number of hydrogen-bond donors (Lipinski definition) is 2. The fourth-order valence-electron chi connectivity index (χ4n) is 1.76. The van der Waals surface area contributed by atoms with Gasteiger partial charge in [-0.1, -0.05) is 29.8 Å². The van der Waals surface area contributed by atoms with Crippen molar-refractivity contribution in [2.75, 3.05) is 0 Å². The van der Waals surface area contributed by atoms with Gasteiger partial charge in [-0.25, -0.2) is 0 Å². The summed E-state index contributed by atoms with van der Waals surface area (Å²) in [6.07, 6.45) is 0.918. The van der Waals surface area contributed by atoms with Crippen molar-refractivity contribution < 1.29 is 9.59 Å². The molecule has 1 atom stereocenters. The number of carbonyl (C=O) groups is 2. The molecule has 1 aliphatic rings. The fraction of sp³-hybridized carbons (Fsp3) is 0.333. The lowest BCUT2D eigenvalue weighted by Crippen LogP contribution is -2.50. The minimum atomic E-state index is -0.316. The van der Waals surface area contributed by atoms with Gasteiger partial charge in [-0.15, -0.1) is 0 Å². The molecule has 90 valence electrons. The maximum absolute atomic E-state index is 11.5. The summed E-state index contributed by atoms with van der Waals surface area (Å²) < 4.78 is 0. The van der Waals surface area contributed by atoms with Gasteiger partial charge in [0.2, 0.25) is 11.8 Å². The minimum absolute atomic E-state index is 0.203. The van der Waals surface area contributed by atoms with Gasteiger partial charge in [-0.2, -0.15) is 0 Å². The number of nitrogens with one attached hydrogen (secondary N) is 2. The van der Waals surface area contributed by atoms with Crippen LogP contribution in [0.25, 0.3) is 0 Å². The molecule has 2 rings (SSSR count). The van der Waals surface area contributed by atoms with E-state index in [9.17, 15) is 9.59 Å². The quantitative estimate of drug-likeness (QED) is 0.796. The molecule has 1 aliphatic heterocycles. The summed E-state index contributed by atoms with van der Waals surface area (Å²) >= 11 is 6.01. The molecule has 1 heterocycles. The maximum Gasteiger partial charge on any atom is 0.243 e.